The minimum absolute atomic E-state index is 0.0224. The number of alkyl halides is 1. The second-order valence-corrected chi connectivity index (χ2v) is 9.94. The molecule has 2 aromatic carbocycles. The van der Waals surface area contributed by atoms with Gasteiger partial charge in [-0.25, -0.2) is 22.4 Å². The Balaban J connectivity index is 2.32. The van der Waals surface area contributed by atoms with E-state index in [0.29, 0.717) is 11.3 Å². The molecule has 8 nitrogen and oxygen atoms in total. The number of carbonyl (C=O) groups excluding carboxylic acids is 2. The van der Waals surface area contributed by atoms with E-state index in [1.165, 1.54) is 54.1 Å². The molecule has 1 atom stereocenters. The van der Waals surface area contributed by atoms with Gasteiger partial charge in [0.15, 0.2) is 9.84 Å². The Hall–Kier alpha value is -3.97. The number of benzene rings is 2. The number of likely N-dealkylation sites (N-methyl/N-ethyl adjacent to an activating group) is 1. The number of nitriles is 1. The lowest BCUT2D eigenvalue weighted by Crippen LogP contribution is -2.49. The Morgan fingerprint density at radius 3 is 2.60 bits per heavy atom. The normalized spacial score (nSPS) is 16.2. The Morgan fingerprint density at radius 2 is 2.00 bits per heavy atom. The van der Waals surface area contributed by atoms with Crippen molar-refractivity contribution in [3.05, 3.63) is 83.1 Å². The molecule has 2 amide bonds. The Kier molecular flexibility index (Phi) is 7.41. The average molecular weight is 498 g/mol. The van der Waals surface area contributed by atoms with Crippen LogP contribution >= 0.6 is 0 Å². The molecule has 1 aliphatic rings. The molecule has 10 heteroatoms. The van der Waals surface area contributed by atoms with Gasteiger partial charge in [0.1, 0.15) is 13.3 Å². The van der Waals surface area contributed by atoms with Gasteiger partial charge in [0.2, 0.25) is 0 Å². The van der Waals surface area contributed by atoms with Gasteiger partial charge in [-0.2, -0.15) is 5.26 Å². The number of rotatable bonds is 7. The molecule has 0 fully saturated rings. The summed E-state index contributed by atoms with van der Waals surface area (Å²) >= 11 is 0. The molecule has 0 radical (unpaired) electrons. The predicted molar refractivity (Wildman–Crippen MR) is 128 cm³/mol. The van der Waals surface area contributed by atoms with Crippen molar-refractivity contribution in [3.63, 3.8) is 0 Å². The number of ether oxygens (including phenoxy) is 1. The van der Waals surface area contributed by atoms with Crippen LogP contribution < -0.4 is 4.90 Å². The van der Waals surface area contributed by atoms with E-state index in [2.05, 4.69) is 6.58 Å². The number of nitrogens with zero attached hydrogens (tertiary/aromatic N) is 3. The van der Waals surface area contributed by atoms with Crippen LogP contribution in [0.25, 0.3) is 0 Å². The second kappa shape index (κ2) is 10.1. The first-order chi connectivity index (χ1) is 16.5. The number of urea groups is 1. The number of carbonyl (C=O) groups is 2. The van der Waals surface area contributed by atoms with Crippen LogP contribution in [0.1, 0.15) is 29.7 Å². The van der Waals surface area contributed by atoms with Gasteiger partial charge in [-0.1, -0.05) is 30.9 Å². The summed E-state index contributed by atoms with van der Waals surface area (Å²) in [5.74, 6) is -0.776. The fourth-order valence-corrected chi connectivity index (χ4v) is 4.94. The number of esters is 1. The number of sulfone groups is 1. The van der Waals surface area contributed by atoms with Crippen LogP contribution in [0.4, 0.5) is 14.9 Å². The first-order valence-electron chi connectivity index (χ1n) is 10.5. The largest absolute Gasteiger partial charge is 0.458 e. The van der Waals surface area contributed by atoms with Gasteiger partial charge < -0.3 is 9.64 Å². The first-order valence-corrected chi connectivity index (χ1v) is 12.4. The zero-order chi connectivity index (χ0) is 25.9. The Bertz CT molecular complexity index is 1380. The molecule has 0 aromatic heterocycles. The van der Waals surface area contributed by atoms with Crippen molar-refractivity contribution in [2.45, 2.75) is 24.5 Å². The number of halogens is 1. The number of allylic oxidation sites excluding steroid dienone is 1. The second-order valence-electron chi connectivity index (χ2n) is 7.96. The molecule has 0 N–H and O–H groups in total. The lowest BCUT2D eigenvalue weighted by molar-refractivity contribution is -0.138. The molecule has 35 heavy (non-hydrogen) atoms. The van der Waals surface area contributed by atoms with E-state index in [4.69, 9.17) is 4.74 Å². The smallest absolute Gasteiger partial charge is 0.338 e. The molecule has 0 bridgehead atoms. The number of anilines is 1. The molecule has 1 heterocycles. The minimum atomic E-state index is -3.85. The Morgan fingerprint density at radius 1 is 1.29 bits per heavy atom. The lowest BCUT2D eigenvalue weighted by atomic mass is 9.92. The van der Waals surface area contributed by atoms with Crippen LogP contribution in [0.2, 0.25) is 0 Å². The first kappa shape index (κ1) is 25.6. The highest BCUT2D eigenvalue weighted by molar-refractivity contribution is 7.90. The molecule has 2 aromatic rings. The molecule has 1 aliphatic heterocycles. The number of hydrogen-bond donors (Lipinski definition) is 0. The van der Waals surface area contributed by atoms with Gasteiger partial charge in [-0.15, -0.1) is 0 Å². The summed E-state index contributed by atoms with van der Waals surface area (Å²) in [6.07, 6.45) is 2.37. The van der Waals surface area contributed by atoms with Crippen molar-refractivity contribution >= 4 is 27.5 Å². The molecule has 0 spiro atoms. The van der Waals surface area contributed by atoms with E-state index in [9.17, 15) is 27.7 Å². The fraction of sp³-hybridized carbons (Fsp3) is 0.240. The van der Waals surface area contributed by atoms with Crippen molar-refractivity contribution in [1.29, 1.82) is 5.26 Å². The molecule has 0 saturated heterocycles. The van der Waals surface area contributed by atoms with Crippen LogP contribution in [0.3, 0.4) is 0 Å². The minimum Gasteiger partial charge on any atom is -0.458 e. The predicted octanol–water partition coefficient (Wildman–Crippen LogP) is 4.05. The summed E-state index contributed by atoms with van der Waals surface area (Å²) in [7, 11) is -2.42. The van der Waals surface area contributed by atoms with Gasteiger partial charge in [-0.05, 0) is 42.3 Å². The third-order valence-corrected chi connectivity index (χ3v) is 6.74. The quantitative estimate of drug-likeness (QED) is 0.422. The van der Waals surface area contributed by atoms with Crippen LogP contribution in [0, 0.1) is 11.3 Å². The van der Waals surface area contributed by atoms with Crippen molar-refractivity contribution in [2.75, 3.05) is 24.8 Å². The zero-order valence-corrected chi connectivity index (χ0v) is 20.3. The van der Waals surface area contributed by atoms with E-state index in [-0.39, 0.29) is 33.9 Å². The summed E-state index contributed by atoms with van der Waals surface area (Å²) in [5.41, 5.74) is 1.16. The fourth-order valence-electron chi connectivity index (χ4n) is 3.99. The Labute approximate surface area is 203 Å². The van der Waals surface area contributed by atoms with Crippen molar-refractivity contribution in [2.24, 2.45) is 0 Å². The highest BCUT2D eigenvalue weighted by atomic mass is 32.2. The van der Waals surface area contributed by atoms with Crippen molar-refractivity contribution < 1.29 is 27.1 Å². The zero-order valence-electron chi connectivity index (χ0n) is 19.5. The van der Waals surface area contributed by atoms with Gasteiger partial charge >= 0.3 is 12.0 Å². The summed E-state index contributed by atoms with van der Waals surface area (Å²) < 4.78 is 43.9. The molecule has 0 saturated carbocycles. The van der Waals surface area contributed by atoms with E-state index < -0.39 is 34.6 Å². The van der Waals surface area contributed by atoms with Crippen LogP contribution in [0.5, 0.6) is 0 Å². The van der Waals surface area contributed by atoms with Crippen LogP contribution in [-0.2, 0) is 26.0 Å². The summed E-state index contributed by atoms with van der Waals surface area (Å²) in [5, 5.41) is 9.27. The standard InChI is InChI=1S/C25H24FN3O5S/c1-5-11-34-24(30)22-16(2)29(19-8-6-7-17(12-19)14-26)25(31)28(3)23(22)20-10-9-18(15-27)13-21(20)35(4,32)33/h5-10,12-13,23H,1,11,14H2,2-4H3/t23-/m1/s1. The summed E-state index contributed by atoms with van der Waals surface area (Å²) in [4.78, 5) is 29.1. The van der Waals surface area contributed by atoms with E-state index >= 15 is 0 Å². The average Bonchev–Trinajstić information content (AvgIpc) is 2.84. The molecule has 182 valence electrons. The summed E-state index contributed by atoms with van der Waals surface area (Å²) in [6, 6.07) is 10.5. The number of amides is 2. The lowest BCUT2D eigenvalue weighted by Gasteiger charge is -2.41. The third-order valence-electron chi connectivity index (χ3n) is 5.59. The van der Waals surface area contributed by atoms with Crippen molar-refractivity contribution in [3.8, 4) is 6.07 Å². The van der Waals surface area contributed by atoms with E-state index in [1.807, 2.05) is 6.07 Å². The van der Waals surface area contributed by atoms with Crippen LogP contribution in [-0.4, -0.2) is 45.2 Å². The van der Waals surface area contributed by atoms with Gasteiger partial charge in [0.25, 0.3) is 0 Å². The maximum absolute atomic E-state index is 13.5. The molecule has 3 rings (SSSR count). The highest BCUT2D eigenvalue weighted by Crippen LogP contribution is 2.41. The maximum atomic E-state index is 13.5. The topological polar surface area (TPSA) is 108 Å². The van der Waals surface area contributed by atoms with Crippen molar-refractivity contribution in [1.82, 2.24) is 4.90 Å². The van der Waals surface area contributed by atoms with E-state index in [0.717, 1.165) is 6.26 Å². The molecular formula is C25H24FN3O5S. The number of hydrogen-bond acceptors (Lipinski definition) is 6. The monoisotopic (exact) mass is 497 g/mol. The molecular weight excluding hydrogens is 473 g/mol. The van der Waals surface area contributed by atoms with Crippen LogP contribution in [0.15, 0.2) is 71.3 Å². The molecule has 0 unspecified atom stereocenters. The molecule has 0 aliphatic carbocycles. The third kappa shape index (κ3) is 4.95. The van der Waals surface area contributed by atoms with Gasteiger partial charge in [0.05, 0.1) is 33.8 Å². The van der Waals surface area contributed by atoms with E-state index in [1.54, 1.807) is 18.2 Å². The highest BCUT2D eigenvalue weighted by Gasteiger charge is 2.42. The van der Waals surface area contributed by atoms with Gasteiger partial charge in [0, 0.05) is 19.0 Å². The summed E-state index contributed by atoms with van der Waals surface area (Å²) in [6.45, 7) is 4.22. The SMILES string of the molecule is C=CCOC(=O)C1=C(C)N(c2cccc(CF)c2)C(=O)N(C)[C@@H]1c1ccc(C#N)cc1S(C)(=O)=O. The van der Waals surface area contributed by atoms with Gasteiger partial charge in [-0.3, -0.25) is 4.90 Å². The maximum Gasteiger partial charge on any atom is 0.338 e.